The summed E-state index contributed by atoms with van der Waals surface area (Å²) in [5.74, 6) is 0. The molecule has 0 aliphatic heterocycles. The molecule has 2 N–H and O–H groups in total. The van der Waals surface area contributed by atoms with Crippen LogP contribution in [0.4, 0.5) is 0 Å². The number of quaternary nitrogens is 1. The fourth-order valence-corrected chi connectivity index (χ4v) is 2.92. The van der Waals surface area contributed by atoms with Crippen LogP contribution in [0.1, 0.15) is 25.3 Å². The van der Waals surface area contributed by atoms with Gasteiger partial charge in [-0.25, -0.2) is 0 Å². The second kappa shape index (κ2) is 7.44. The normalized spacial score (nSPS) is 10.7. The summed E-state index contributed by atoms with van der Waals surface area (Å²) < 4.78 is 0. The maximum Gasteiger partial charge on any atom is 0.102 e. The van der Waals surface area contributed by atoms with Crippen molar-refractivity contribution in [1.29, 1.82) is 0 Å². The van der Waals surface area contributed by atoms with Gasteiger partial charge in [0.1, 0.15) is 6.54 Å². The van der Waals surface area contributed by atoms with Gasteiger partial charge in [0.2, 0.25) is 0 Å². The molecule has 0 bridgehead atoms. The van der Waals surface area contributed by atoms with Crippen LogP contribution >= 0.6 is 0 Å². The van der Waals surface area contributed by atoms with E-state index in [1.165, 1.54) is 46.5 Å². The first-order valence-corrected chi connectivity index (χ1v) is 7.61. The molecule has 0 aliphatic carbocycles. The molecule has 0 amide bonds. The highest BCUT2D eigenvalue weighted by molar-refractivity contribution is 6.02. The highest BCUT2D eigenvalue weighted by Gasteiger charge is 2.08. The summed E-state index contributed by atoms with van der Waals surface area (Å²) in [7, 11) is 0. The first-order chi connectivity index (χ1) is 9.90. The molecule has 3 aromatic rings. The molecule has 2 heteroatoms. The zero-order chi connectivity index (χ0) is 13.8. The molecule has 0 fully saturated rings. The van der Waals surface area contributed by atoms with Crippen LogP contribution in [0.2, 0.25) is 0 Å². The summed E-state index contributed by atoms with van der Waals surface area (Å²) in [6.07, 6.45) is 2.56. The Hall–Kier alpha value is -1.57. The fraction of sp³-hybridized carbons (Fsp3) is 0.263. The van der Waals surface area contributed by atoms with Crippen molar-refractivity contribution in [3.63, 3.8) is 0 Å². The standard InChI is InChI=1S/C19H21N.ClH/c1-2-3-12-20-14-19-17-10-6-4-8-15(17)13-16-9-5-7-11-18(16)19;/h4-11,13,20H,2-3,12,14H2,1H3;1H. The average Bonchev–Trinajstić information content (AvgIpc) is 2.50. The zero-order valence-corrected chi connectivity index (χ0v) is 13.2. The van der Waals surface area contributed by atoms with Crippen LogP contribution < -0.4 is 17.7 Å². The quantitative estimate of drug-likeness (QED) is 0.532. The number of nitrogens with two attached hydrogens (primary N) is 1. The zero-order valence-electron chi connectivity index (χ0n) is 12.5. The molecule has 3 aromatic carbocycles. The second-order valence-electron chi connectivity index (χ2n) is 5.43. The van der Waals surface area contributed by atoms with Crippen molar-refractivity contribution < 1.29 is 17.7 Å². The second-order valence-corrected chi connectivity index (χ2v) is 5.43. The molecule has 0 saturated heterocycles. The van der Waals surface area contributed by atoms with Gasteiger partial charge >= 0.3 is 0 Å². The van der Waals surface area contributed by atoms with Crippen LogP contribution in [0, 0.1) is 0 Å². The molecule has 1 nitrogen and oxygen atoms in total. The summed E-state index contributed by atoms with van der Waals surface area (Å²) >= 11 is 0. The van der Waals surface area contributed by atoms with Crippen LogP contribution in [0.5, 0.6) is 0 Å². The average molecular weight is 300 g/mol. The Balaban J connectivity index is 0.00000161. The van der Waals surface area contributed by atoms with Gasteiger partial charge in [-0.3, -0.25) is 0 Å². The highest BCUT2D eigenvalue weighted by Crippen LogP contribution is 2.27. The van der Waals surface area contributed by atoms with E-state index in [4.69, 9.17) is 0 Å². The SMILES string of the molecule is CCCC[NH2+]Cc1c2ccccc2cc2ccccc12.[Cl-]. The fourth-order valence-electron chi connectivity index (χ4n) is 2.92. The summed E-state index contributed by atoms with van der Waals surface area (Å²) in [5, 5.41) is 7.95. The van der Waals surface area contributed by atoms with Crippen LogP contribution in [-0.4, -0.2) is 6.54 Å². The molecule has 0 atom stereocenters. The van der Waals surface area contributed by atoms with Gasteiger partial charge in [-0.05, 0) is 34.0 Å². The maximum atomic E-state index is 2.44. The van der Waals surface area contributed by atoms with Crippen molar-refractivity contribution in [3.05, 3.63) is 60.2 Å². The number of hydrogen-bond donors (Lipinski definition) is 1. The Bertz CT molecular complexity index is 667. The third-order valence-corrected chi connectivity index (χ3v) is 3.99. The van der Waals surface area contributed by atoms with Gasteiger partial charge in [-0.1, -0.05) is 61.9 Å². The van der Waals surface area contributed by atoms with Gasteiger partial charge in [-0.15, -0.1) is 0 Å². The smallest absolute Gasteiger partial charge is 0.102 e. The molecule has 0 spiro atoms. The molecule has 0 heterocycles. The number of halogens is 1. The predicted octanol–water partition coefficient (Wildman–Crippen LogP) is 0.860. The number of fused-ring (bicyclic) bond motifs is 2. The monoisotopic (exact) mass is 299 g/mol. The lowest BCUT2D eigenvalue weighted by molar-refractivity contribution is -0.670. The highest BCUT2D eigenvalue weighted by atomic mass is 35.5. The van der Waals surface area contributed by atoms with Crippen molar-refractivity contribution in [2.45, 2.75) is 26.3 Å². The van der Waals surface area contributed by atoms with E-state index in [1.54, 1.807) is 0 Å². The van der Waals surface area contributed by atoms with E-state index in [9.17, 15) is 0 Å². The van der Waals surface area contributed by atoms with Crippen LogP contribution in [-0.2, 0) is 6.54 Å². The molecule has 0 radical (unpaired) electrons. The number of rotatable bonds is 5. The van der Waals surface area contributed by atoms with Crippen LogP contribution in [0.25, 0.3) is 21.5 Å². The Morgan fingerprint density at radius 3 is 2.00 bits per heavy atom. The minimum Gasteiger partial charge on any atom is -1.00 e. The minimum absolute atomic E-state index is 0. The van der Waals surface area contributed by atoms with Crippen molar-refractivity contribution in [1.82, 2.24) is 0 Å². The Kier molecular flexibility index (Phi) is 5.60. The van der Waals surface area contributed by atoms with Gasteiger partial charge < -0.3 is 17.7 Å². The third-order valence-electron chi connectivity index (χ3n) is 3.99. The molecule has 0 aliphatic rings. The van der Waals surface area contributed by atoms with Crippen LogP contribution in [0.15, 0.2) is 54.6 Å². The van der Waals surface area contributed by atoms with Gasteiger partial charge in [0, 0.05) is 5.56 Å². The Morgan fingerprint density at radius 2 is 1.43 bits per heavy atom. The van der Waals surface area contributed by atoms with Crippen molar-refractivity contribution in [3.8, 4) is 0 Å². The molecule has 0 saturated carbocycles. The maximum absolute atomic E-state index is 2.44. The van der Waals surface area contributed by atoms with E-state index >= 15 is 0 Å². The van der Waals surface area contributed by atoms with E-state index in [-0.39, 0.29) is 12.4 Å². The molecular formula is C19H22ClN. The molecule has 3 rings (SSSR count). The topological polar surface area (TPSA) is 16.6 Å². The van der Waals surface area contributed by atoms with Gasteiger partial charge in [0.05, 0.1) is 6.54 Å². The van der Waals surface area contributed by atoms with Gasteiger partial charge in [0.15, 0.2) is 0 Å². The van der Waals surface area contributed by atoms with E-state index in [2.05, 4.69) is 66.8 Å². The Morgan fingerprint density at radius 1 is 0.857 bits per heavy atom. The first-order valence-electron chi connectivity index (χ1n) is 7.61. The molecule has 0 aromatic heterocycles. The Labute approximate surface area is 132 Å². The van der Waals surface area contributed by atoms with Crippen molar-refractivity contribution in [2.24, 2.45) is 0 Å². The summed E-state index contributed by atoms with van der Waals surface area (Å²) in [6, 6.07) is 19.8. The number of unbranched alkanes of at least 4 members (excludes halogenated alkanes) is 1. The van der Waals surface area contributed by atoms with Crippen molar-refractivity contribution >= 4 is 21.5 Å². The number of benzene rings is 3. The van der Waals surface area contributed by atoms with E-state index in [0.29, 0.717) is 0 Å². The summed E-state index contributed by atoms with van der Waals surface area (Å²) in [6.45, 7) is 4.54. The van der Waals surface area contributed by atoms with Crippen LogP contribution in [0.3, 0.4) is 0 Å². The molecule has 110 valence electrons. The molecule has 0 unspecified atom stereocenters. The lowest BCUT2D eigenvalue weighted by Gasteiger charge is -2.10. The lowest BCUT2D eigenvalue weighted by atomic mass is 9.97. The largest absolute Gasteiger partial charge is 1.00 e. The lowest BCUT2D eigenvalue weighted by Crippen LogP contribution is -3.00. The third kappa shape index (κ3) is 3.37. The molecular weight excluding hydrogens is 278 g/mol. The van der Waals surface area contributed by atoms with Crippen molar-refractivity contribution in [2.75, 3.05) is 6.54 Å². The summed E-state index contributed by atoms with van der Waals surface area (Å²) in [4.78, 5) is 0. The van der Waals surface area contributed by atoms with Gasteiger partial charge in [-0.2, -0.15) is 0 Å². The van der Waals surface area contributed by atoms with E-state index in [0.717, 1.165) is 6.54 Å². The minimum atomic E-state index is 0. The van der Waals surface area contributed by atoms with E-state index < -0.39 is 0 Å². The van der Waals surface area contributed by atoms with E-state index in [1.807, 2.05) is 0 Å². The van der Waals surface area contributed by atoms with Gasteiger partial charge in [0.25, 0.3) is 0 Å². The first kappa shape index (κ1) is 15.8. The predicted molar refractivity (Wildman–Crippen MR) is 86.9 cm³/mol. The molecule has 21 heavy (non-hydrogen) atoms. The summed E-state index contributed by atoms with van der Waals surface area (Å²) in [5.41, 5.74) is 1.48. The number of hydrogen-bond acceptors (Lipinski definition) is 0.